The molecule has 1 saturated heterocycles. The highest BCUT2D eigenvalue weighted by Gasteiger charge is 2.18. The lowest BCUT2D eigenvalue weighted by molar-refractivity contribution is 0.120. The zero-order chi connectivity index (χ0) is 17.4. The summed E-state index contributed by atoms with van der Waals surface area (Å²) in [4.78, 5) is 9.48. The first-order valence-corrected chi connectivity index (χ1v) is 9.18. The van der Waals surface area contributed by atoms with Gasteiger partial charge in [-0.25, -0.2) is 9.97 Å². The van der Waals surface area contributed by atoms with Crippen LogP contribution in [-0.4, -0.2) is 38.8 Å². The van der Waals surface area contributed by atoms with E-state index in [1.165, 1.54) is 5.56 Å². The van der Waals surface area contributed by atoms with E-state index in [1.54, 1.807) is 0 Å². The van der Waals surface area contributed by atoms with Crippen molar-refractivity contribution < 1.29 is 4.74 Å². The minimum atomic E-state index is 0.282. The van der Waals surface area contributed by atoms with Crippen molar-refractivity contribution in [1.82, 2.24) is 19.6 Å². The highest BCUT2D eigenvalue weighted by Crippen LogP contribution is 2.25. The fourth-order valence-electron chi connectivity index (χ4n) is 3.61. The summed E-state index contributed by atoms with van der Waals surface area (Å²) in [5.74, 6) is 0.971. The Hall–Kier alpha value is -2.21. The number of ether oxygens (including phenoxy) is 1. The number of hydrogen-bond donors (Lipinski definition) is 1. The lowest BCUT2D eigenvalue weighted by atomic mass is 10.2. The van der Waals surface area contributed by atoms with Crippen LogP contribution in [-0.2, 0) is 11.2 Å². The molecule has 6 nitrogen and oxygen atoms in total. The van der Waals surface area contributed by atoms with E-state index >= 15 is 0 Å². The van der Waals surface area contributed by atoms with Crippen molar-refractivity contribution in [3.63, 3.8) is 0 Å². The Balaban J connectivity index is 1.82. The summed E-state index contributed by atoms with van der Waals surface area (Å²) in [6.45, 7) is 7.95. The van der Waals surface area contributed by atoms with Crippen LogP contribution in [0.1, 0.15) is 43.1 Å². The van der Waals surface area contributed by atoms with Gasteiger partial charge in [0.1, 0.15) is 5.82 Å². The molecular weight excluding hydrogens is 314 g/mol. The summed E-state index contributed by atoms with van der Waals surface area (Å²) < 4.78 is 7.64. The Kier molecular flexibility index (Phi) is 4.29. The van der Waals surface area contributed by atoms with Crippen molar-refractivity contribution in [2.24, 2.45) is 0 Å². The maximum absolute atomic E-state index is 5.74. The molecule has 1 N–H and O–H groups in total. The normalized spacial score (nSPS) is 17.6. The molecule has 1 fully saturated rings. The van der Waals surface area contributed by atoms with Crippen LogP contribution in [0.3, 0.4) is 0 Å². The first-order chi connectivity index (χ1) is 12.2. The molecule has 0 spiro atoms. The standard InChI is InChI=1S/C19H25N5O/c1-4-6-14-10-16(20-11-15-7-5-8-25-15)24-19(22-14)17-12(2)9-13(3)21-18(17)23-24/h9-10,15,20H,4-8,11H2,1-3H3/t15-/m1/s1. The second-order valence-electron chi connectivity index (χ2n) is 6.91. The molecule has 0 aliphatic carbocycles. The van der Waals surface area contributed by atoms with E-state index in [4.69, 9.17) is 14.8 Å². The molecule has 4 rings (SSSR count). The summed E-state index contributed by atoms with van der Waals surface area (Å²) >= 11 is 0. The number of fused-ring (bicyclic) bond motifs is 3. The molecule has 0 amide bonds. The second-order valence-corrected chi connectivity index (χ2v) is 6.91. The first kappa shape index (κ1) is 16.3. The van der Waals surface area contributed by atoms with Crippen molar-refractivity contribution in [1.29, 1.82) is 0 Å². The van der Waals surface area contributed by atoms with Crippen LogP contribution >= 0.6 is 0 Å². The summed E-state index contributed by atoms with van der Waals surface area (Å²) in [7, 11) is 0. The van der Waals surface area contributed by atoms with Gasteiger partial charge in [0, 0.05) is 30.6 Å². The quantitative estimate of drug-likeness (QED) is 0.771. The van der Waals surface area contributed by atoms with Crippen molar-refractivity contribution in [3.05, 3.63) is 29.1 Å². The van der Waals surface area contributed by atoms with Gasteiger partial charge in [0.25, 0.3) is 0 Å². The molecule has 0 bridgehead atoms. The van der Waals surface area contributed by atoms with Crippen LogP contribution in [0.2, 0.25) is 0 Å². The second kappa shape index (κ2) is 6.59. The van der Waals surface area contributed by atoms with E-state index in [9.17, 15) is 0 Å². The van der Waals surface area contributed by atoms with Crippen LogP contribution < -0.4 is 5.32 Å². The number of aromatic nitrogens is 4. The minimum absolute atomic E-state index is 0.282. The number of nitrogens with one attached hydrogen (secondary N) is 1. The van der Waals surface area contributed by atoms with Crippen LogP contribution in [0.15, 0.2) is 12.1 Å². The van der Waals surface area contributed by atoms with Crippen LogP contribution in [0.25, 0.3) is 16.7 Å². The fraction of sp³-hybridized carbons (Fsp3) is 0.526. The fourth-order valence-corrected chi connectivity index (χ4v) is 3.61. The molecule has 3 aromatic rings. The Morgan fingerprint density at radius 1 is 1.28 bits per heavy atom. The Morgan fingerprint density at radius 2 is 2.16 bits per heavy atom. The van der Waals surface area contributed by atoms with Crippen molar-refractivity contribution in [2.75, 3.05) is 18.5 Å². The maximum Gasteiger partial charge on any atom is 0.184 e. The number of anilines is 1. The lowest BCUT2D eigenvalue weighted by Gasteiger charge is -2.14. The zero-order valence-electron chi connectivity index (χ0n) is 15.2. The highest BCUT2D eigenvalue weighted by atomic mass is 16.5. The molecule has 0 unspecified atom stereocenters. The molecule has 4 heterocycles. The summed E-state index contributed by atoms with van der Waals surface area (Å²) in [5.41, 5.74) is 4.89. The molecule has 6 heteroatoms. The topological polar surface area (TPSA) is 64.3 Å². The van der Waals surface area contributed by atoms with Gasteiger partial charge in [0.2, 0.25) is 0 Å². The van der Waals surface area contributed by atoms with Gasteiger partial charge < -0.3 is 10.1 Å². The smallest absolute Gasteiger partial charge is 0.184 e. The SMILES string of the molecule is CCCc1cc(NC[C@H]2CCCO2)n2nc3nc(C)cc(C)c3c2n1. The third-order valence-electron chi connectivity index (χ3n) is 4.77. The van der Waals surface area contributed by atoms with Gasteiger partial charge in [0.15, 0.2) is 11.3 Å². The number of aryl methyl sites for hydroxylation is 3. The van der Waals surface area contributed by atoms with E-state index in [1.807, 2.05) is 11.4 Å². The van der Waals surface area contributed by atoms with E-state index in [0.29, 0.717) is 0 Å². The predicted octanol–water partition coefficient (Wildman–Crippen LogP) is 3.44. The monoisotopic (exact) mass is 339 g/mol. The Labute approximate surface area is 147 Å². The number of nitrogens with zero attached hydrogens (tertiary/aromatic N) is 4. The molecule has 0 aromatic carbocycles. The average Bonchev–Trinajstić information content (AvgIpc) is 3.20. The molecule has 1 aliphatic heterocycles. The summed E-state index contributed by atoms with van der Waals surface area (Å²) in [5, 5.41) is 9.30. The average molecular weight is 339 g/mol. The Bertz CT molecular complexity index is 911. The lowest BCUT2D eigenvalue weighted by Crippen LogP contribution is -2.20. The number of rotatable bonds is 5. The molecule has 1 atom stereocenters. The molecule has 0 saturated carbocycles. The van der Waals surface area contributed by atoms with Crippen molar-refractivity contribution in [3.8, 4) is 0 Å². The van der Waals surface area contributed by atoms with Gasteiger partial charge in [-0.2, -0.15) is 4.52 Å². The van der Waals surface area contributed by atoms with Gasteiger partial charge in [-0.3, -0.25) is 0 Å². The van der Waals surface area contributed by atoms with Crippen LogP contribution in [0.5, 0.6) is 0 Å². The van der Waals surface area contributed by atoms with Gasteiger partial charge in [-0.1, -0.05) is 13.3 Å². The maximum atomic E-state index is 5.74. The third kappa shape index (κ3) is 3.06. The zero-order valence-corrected chi connectivity index (χ0v) is 15.2. The minimum Gasteiger partial charge on any atom is -0.376 e. The number of hydrogen-bond acceptors (Lipinski definition) is 5. The number of pyridine rings is 1. The predicted molar refractivity (Wildman–Crippen MR) is 99.2 cm³/mol. The molecule has 132 valence electrons. The van der Waals surface area contributed by atoms with Crippen molar-refractivity contribution in [2.45, 2.75) is 52.6 Å². The van der Waals surface area contributed by atoms with Gasteiger partial charge in [0.05, 0.1) is 11.5 Å². The van der Waals surface area contributed by atoms with E-state index in [-0.39, 0.29) is 6.10 Å². The first-order valence-electron chi connectivity index (χ1n) is 9.18. The largest absolute Gasteiger partial charge is 0.376 e. The van der Waals surface area contributed by atoms with Crippen molar-refractivity contribution >= 4 is 22.5 Å². The highest BCUT2D eigenvalue weighted by molar-refractivity contribution is 5.93. The van der Waals surface area contributed by atoms with Gasteiger partial charge in [-0.15, -0.1) is 5.10 Å². The van der Waals surface area contributed by atoms with Crippen LogP contribution in [0, 0.1) is 13.8 Å². The molecule has 3 aromatic heterocycles. The molecular formula is C19H25N5O. The molecule has 25 heavy (non-hydrogen) atoms. The summed E-state index contributed by atoms with van der Waals surface area (Å²) in [6, 6.07) is 4.21. The van der Waals surface area contributed by atoms with E-state index in [0.717, 1.165) is 72.7 Å². The van der Waals surface area contributed by atoms with Gasteiger partial charge in [-0.05, 0) is 44.7 Å². The van der Waals surface area contributed by atoms with E-state index < -0.39 is 0 Å². The summed E-state index contributed by atoms with van der Waals surface area (Å²) in [6.07, 6.45) is 4.56. The molecule has 0 radical (unpaired) electrons. The third-order valence-corrected chi connectivity index (χ3v) is 4.77. The Morgan fingerprint density at radius 3 is 2.92 bits per heavy atom. The van der Waals surface area contributed by atoms with Gasteiger partial charge >= 0.3 is 0 Å². The van der Waals surface area contributed by atoms with E-state index in [2.05, 4.69) is 36.3 Å². The van der Waals surface area contributed by atoms with Crippen LogP contribution in [0.4, 0.5) is 5.82 Å². The molecule has 1 aliphatic rings.